The van der Waals surface area contributed by atoms with Crippen molar-refractivity contribution < 1.29 is 27.0 Å². The fraction of sp³-hybridized carbons (Fsp3) is 0.600. The van der Waals surface area contributed by atoms with Gasteiger partial charge in [-0.3, -0.25) is 0 Å². The van der Waals surface area contributed by atoms with Gasteiger partial charge in [-0.05, 0) is 43.0 Å². The van der Waals surface area contributed by atoms with E-state index in [9.17, 15) is 17.6 Å². The SMILES string of the molecule is Fc1cc(CNCC2CCOCC2)cc(OCC(F)(F)F)c1. The van der Waals surface area contributed by atoms with Crippen LogP contribution in [-0.2, 0) is 11.3 Å². The average Bonchev–Trinajstić information content (AvgIpc) is 2.45. The first-order chi connectivity index (χ1) is 10.4. The Morgan fingerprint density at radius 2 is 1.91 bits per heavy atom. The molecule has 0 amide bonds. The standard InChI is InChI=1S/C15H19F4NO2/c16-13-5-12(6-14(7-13)22-10-15(17,18)19)9-20-8-11-1-3-21-4-2-11/h5-7,11,20H,1-4,8-10H2. The van der Waals surface area contributed by atoms with Gasteiger partial charge in [-0.2, -0.15) is 13.2 Å². The van der Waals surface area contributed by atoms with E-state index in [4.69, 9.17) is 4.74 Å². The topological polar surface area (TPSA) is 30.5 Å². The van der Waals surface area contributed by atoms with E-state index < -0.39 is 18.6 Å². The Kier molecular flexibility index (Phi) is 6.02. The van der Waals surface area contributed by atoms with Crippen LogP contribution in [0.4, 0.5) is 17.6 Å². The summed E-state index contributed by atoms with van der Waals surface area (Å²) in [5.74, 6) is -0.203. The third-order valence-corrected chi connectivity index (χ3v) is 3.44. The van der Waals surface area contributed by atoms with Crippen molar-refractivity contribution in [2.75, 3.05) is 26.4 Å². The lowest BCUT2D eigenvalue weighted by atomic mass is 10.0. The molecule has 1 aromatic carbocycles. The number of nitrogens with one attached hydrogen (secondary N) is 1. The van der Waals surface area contributed by atoms with E-state index in [1.807, 2.05) is 0 Å². The number of hydrogen-bond acceptors (Lipinski definition) is 3. The predicted octanol–water partition coefficient (Wildman–Crippen LogP) is 3.28. The first kappa shape index (κ1) is 17.0. The van der Waals surface area contributed by atoms with Crippen molar-refractivity contribution in [1.82, 2.24) is 5.32 Å². The largest absolute Gasteiger partial charge is 0.484 e. The highest BCUT2D eigenvalue weighted by molar-refractivity contribution is 5.29. The van der Waals surface area contributed by atoms with Crippen LogP contribution in [0.25, 0.3) is 0 Å². The van der Waals surface area contributed by atoms with Gasteiger partial charge in [-0.1, -0.05) is 0 Å². The van der Waals surface area contributed by atoms with Crippen molar-refractivity contribution in [3.05, 3.63) is 29.6 Å². The van der Waals surface area contributed by atoms with Gasteiger partial charge in [0, 0.05) is 25.8 Å². The molecule has 0 unspecified atom stereocenters. The Bertz CT molecular complexity index is 473. The van der Waals surface area contributed by atoms with Gasteiger partial charge < -0.3 is 14.8 Å². The van der Waals surface area contributed by atoms with E-state index in [0.717, 1.165) is 38.7 Å². The first-order valence-electron chi connectivity index (χ1n) is 7.20. The summed E-state index contributed by atoms with van der Waals surface area (Å²) in [6.07, 6.45) is -2.47. The molecular formula is C15H19F4NO2. The van der Waals surface area contributed by atoms with Crippen molar-refractivity contribution in [3.63, 3.8) is 0 Å². The summed E-state index contributed by atoms with van der Waals surface area (Å²) in [7, 11) is 0. The minimum atomic E-state index is -4.44. The van der Waals surface area contributed by atoms with Crippen molar-refractivity contribution in [1.29, 1.82) is 0 Å². The Balaban J connectivity index is 1.83. The molecule has 124 valence electrons. The van der Waals surface area contributed by atoms with Crippen LogP contribution >= 0.6 is 0 Å². The van der Waals surface area contributed by atoms with E-state index in [0.29, 0.717) is 18.0 Å². The number of alkyl halides is 3. The molecule has 1 fully saturated rings. The molecular weight excluding hydrogens is 302 g/mol. The van der Waals surface area contributed by atoms with Crippen molar-refractivity contribution in [2.45, 2.75) is 25.6 Å². The van der Waals surface area contributed by atoms with Crippen LogP contribution in [0.15, 0.2) is 18.2 Å². The molecule has 1 heterocycles. The molecule has 0 saturated carbocycles. The first-order valence-corrected chi connectivity index (χ1v) is 7.20. The average molecular weight is 321 g/mol. The molecule has 22 heavy (non-hydrogen) atoms. The van der Waals surface area contributed by atoms with Crippen LogP contribution in [-0.4, -0.2) is 32.5 Å². The van der Waals surface area contributed by atoms with Crippen molar-refractivity contribution in [2.24, 2.45) is 5.92 Å². The molecule has 2 rings (SSSR count). The van der Waals surface area contributed by atoms with Crippen LogP contribution in [0.1, 0.15) is 18.4 Å². The quantitative estimate of drug-likeness (QED) is 0.816. The van der Waals surface area contributed by atoms with E-state index in [2.05, 4.69) is 10.1 Å². The maximum Gasteiger partial charge on any atom is 0.422 e. The van der Waals surface area contributed by atoms with Crippen molar-refractivity contribution in [3.8, 4) is 5.75 Å². The molecule has 0 radical (unpaired) electrons. The third-order valence-electron chi connectivity index (χ3n) is 3.44. The van der Waals surface area contributed by atoms with Gasteiger partial charge in [-0.25, -0.2) is 4.39 Å². The second-order valence-electron chi connectivity index (χ2n) is 5.39. The number of hydrogen-bond donors (Lipinski definition) is 1. The molecule has 0 spiro atoms. The monoisotopic (exact) mass is 321 g/mol. The van der Waals surface area contributed by atoms with E-state index >= 15 is 0 Å². The molecule has 0 aromatic heterocycles. The highest BCUT2D eigenvalue weighted by atomic mass is 19.4. The number of halogens is 4. The lowest BCUT2D eigenvalue weighted by Gasteiger charge is -2.22. The van der Waals surface area contributed by atoms with Crippen LogP contribution in [0.2, 0.25) is 0 Å². The minimum absolute atomic E-state index is 0.111. The van der Waals surface area contributed by atoms with E-state index in [1.165, 1.54) is 12.1 Å². The normalized spacial score (nSPS) is 16.7. The molecule has 0 atom stereocenters. The Morgan fingerprint density at radius 3 is 2.59 bits per heavy atom. The molecule has 3 nitrogen and oxygen atoms in total. The second kappa shape index (κ2) is 7.78. The number of rotatable bonds is 6. The van der Waals surface area contributed by atoms with Gasteiger partial charge >= 0.3 is 6.18 Å². The van der Waals surface area contributed by atoms with Gasteiger partial charge in [0.1, 0.15) is 11.6 Å². The van der Waals surface area contributed by atoms with Gasteiger partial charge in [-0.15, -0.1) is 0 Å². The van der Waals surface area contributed by atoms with Gasteiger partial charge in [0.15, 0.2) is 6.61 Å². The van der Waals surface area contributed by atoms with Crippen LogP contribution < -0.4 is 10.1 Å². The van der Waals surface area contributed by atoms with Crippen LogP contribution in [0.3, 0.4) is 0 Å². The number of benzene rings is 1. The summed E-state index contributed by atoms with van der Waals surface area (Å²) in [5, 5.41) is 3.20. The Hall–Kier alpha value is -1.34. The zero-order chi connectivity index (χ0) is 16.0. The Morgan fingerprint density at radius 1 is 1.18 bits per heavy atom. The molecule has 1 aliphatic heterocycles. The van der Waals surface area contributed by atoms with Crippen molar-refractivity contribution >= 4 is 0 Å². The predicted molar refractivity (Wildman–Crippen MR) is 73.2 cm³/mol. The van der Waals surface area contributed by atoms with E-state index in [-0.39, 0.29) is 5.75 Å². The molecule has 1 N–H and O–H groups in total. The van der Waals surface area contributed by atoms with Crippen LogP contribution in [0, 0.1) is 11.7 Å². The molecule has 1 aliphatic rings. The number of ether oxygens (including phenoxy) is 2. The molecule has 1 aromatic rings. The zero-order valence-electron chi connectivity index (χ0n) is 12.1. The Labute approximate surface area is 126 Å². The summed E-state index contributed by atoms with van der Waals surface area (Å²) >= 11 is 0. The maximum atomic E-state index is 13.4. The lowest BCUT2D eigenvalue weighted by Crippen LogP contribution is -2.27. The summed E-state index contributed by atoms with van der Waals surface area (Å²) in [6, 6.07) is 3.66. The molecule has 1 saturated heterocycles. The highest BCUT2D eigenvalue weighted by Gasteiger charge is 2.28. The fourth-order valence-electron chi connectivity index (χ4n) is 2.34. The molecule has 0 bridgehead atoms. The summed E-state index contributed by atoms with van der Waals surface area (Å²) in [6.45, 7) is 1.24. The third kappa shape index (κ3) is 6.19. The van der Waals surface area contributed by atoms with E-state index in [1.54, 1.807) is 0 Å². The second-order valence-corrected chi connectivity index (χ2v) is 5.39. The zero-order valence-corrected chi connectivity index (χ0v) is 12.1. The fourth-order valence-corrected chi connectivity index (χ4v) is 2.34. The summed E-state index contributed by atoms with van der Waals surface area (Å²) in [4.78, 5) is 0. The lowest BCUT2D eigenvalue weighted by molar-refractivity contribution is -0.153. The molecule has 7 heteroatoms. The van der Waals surface area contributed by atoms with Crippen LogP contribution in [0.5, 0.6) is 5.75 Å². The molecule has 0 aliphatic carbocycles. The summed E-state index contributed by atoms with van der Waals surface area (Å²) < 4.78 is 59.6. The summed E-state index contributed by atoms with van der Waals surface area (Å²) in [5.41, 5.74) is 0.559. The smallest absolute Gasteiger partial charge is 0.422 e. The maximum absolute atomic E-state index is 13.4. The van der Waals surface area contributed by atoms with Gasteiger partial charge in [0.25, 0.3) is 0 Å². The van der Waals surface area contributed by atoms with Gasteiger partial charge in [0.05, 0.1) is 0 Å². The van der Waals surface area contributed by atoms with Gasteiger partial charge in [0.2, 0.25) is 0 Å². The minimum Gasteiger partial charge on any atom is -0.484 e. The highest BCUT2D eigenvalue weighted by Crippen LogP contribution is 2.21.